The second-order valence-electron chi connectivity index (χ2n) is 7.09. The van der Waals surface area contributed by atoms with E-state index in [1.165, 1.54) is 5.52 Å². The number of anilines is 1. The van der Waals surface area contributed by atoms with Gasteiger partial charge in [-0.3, -0.25) is 4.79 Å². The third-order valence-corrected chi connectivity index (χ3v) is 6.43. The van der Waals surface area contributed by atoms with E-state index in [-0.39, 0.29) is 0 Å². The first-order valence-electron chi connectivity index (χ1n) is 9.24. The Balaban J connectivity index is 1.36. The Labute approximate surface area is 153 Å². The third kappa shape index (κ3) is 3.50. The monoisotopic (exact) mass is 358 g/mol. The van der Waals surface area contributed by atoms with Crippen LogP contribution < -0.4 is 4.90 Å². The lowest BCUT2D eigenvalue weighted by Crippen LogP contribution is -2.41. The van der Waals surface area contributed by atoms with Crippen LogP contribution in [-0.2, 0) is 11.8 Å². The molecule has 134 valence electrons. The smallest absolute Gasteiger partial charge is 0.222 e. The Bertz CT molecular complexity index is 745. The molecule has 0 saturated carbocycles. The highest BCUT2D eigenvalue weighted by Gasteiger charge is 2.26. The fourth-order valence-electron chi connectivity index (χ4n) is 3.94. The second kappa shape index (κ2) is 7.28. The number of nitrogens with zero attached hydrogens (tertiary/aromatic N) is 4. The fourth-order valence-corrected chi connectivity index (χ4v) is 4.84. The first kappa shape index (κ1) is 16.8. The first-order valence-corrected chi connectivity index (χ1v) is 10.4. The van der Waals surface area contributed by atoms with Crippen molar-refractivity contribution < 1.29 is 4.79 Å². The van der Waals surface area contributed by atoms with Crippen LogP contribution in [0.4, 0.5) is 5.95 Å². The first-order chi connectivity index (χ1) is 12.2. The molecule has 25 heavy (non-hydrogen) atoms. The van der Waals surface area contributed by atoms with Gasteiger partial charge in [0.25, 0.3) is 0 Å². The van der Waals surface area contributed by atoms with Crippen LogP contribution in [0.5, 0.6) is 0 Å². The molecule has 1 aromatic heterocycles. The van der Waals surface area contributed by atoms with E-state index in [4.69, 9.17) is 4.98 Å². The van der Waals surface area contributed by atoms with E-state index in [0.29, 0.717) is 11.8 Å². The molecule has 2 fully saturated rings. The Morgan fingerprint density at radius 3 is 2.60 bits per heavy atom. The van der Waals surface area contributed by atoms with Crippen molar-refractivity contribution in [1.82, 2.24) is 14.5 Å². The maximum atomic E-state index is 12.5. The number of hydrogen-bond acceptors (Lipinski definition) is 4. The van der Waals surface area contributed by atoms with Gasteiger partial charge in [-0.2, -0.15) is 11.8 Å². The van der Waals surface area contributed by atoms with Gasteiger partial charge in [-0.15, -0.1) is 0 Å². The highest BCUT2D eigenvalue weighted by Crippen LogP contribution is 2.27. The zero-order valence-electron chi connectivity index (χ0n) is 14.9. The number of carbonyl (C=O) groups is 1. The SMILES string of the molecule is Cn1c(N2CCC(CC(=O)N3CCSCC3)CC2)nc2ccccc21. The summed E-state index contributed by atoms with van der Waals surface area (Å²) in [5.41, 5.74) is 2.23. The van der Waals surface area contributed by atoms with Crippen LogP contribution in [0.3, 0.4) is 0 Å². The van der Waals surface area contributed by atoms with Gasteiger partial charge in [0.15, 0.2) is 0 Å². The van der Waals surface area contributed by atoms with Crippen molar-refractivity contribution in [3.8, 4) is 0 Å². The zero-order valence-corrected chi connectivity index (χ0v) is 15.7. The zero-order chi connectivity index (χ0) is 17.2. The van der Waals surface area contributed by atoms with Gasteiger partial charge in [0.1, 0.15) is 0 Å². The molecule has 1 aromatic carbocycles. The van der Waals surface area contributed by atoms with Crippen LogP contribution in [0.15, 0.2) is 24.3 Å². The quantitative estimate of drug-likeness (QED) is 0.846. The van der Waals surface area contributed by atoms with Crippen LogP contribution in [-0.4, -0.2) is 58.0 Å². The Hall–Kier alpha value is -1.69. The molecule has 4 rings (SSSR count). The maximum absolute atomic E-state index is 12.5. The average Bonchev–Trinajstić information content (AvgIpc) is 3.00. The number of aromatic nitrogens is 2. The Morgan fingerprint density at radius 2 is 1.88 bits per heavy atom. The minimum absolute atomic E-state index is 0.362. The average molecular weight is 359 g/mol. The van der Waals surface area contributed by atoms with E-state index in [9.17, 15) is 4.79 Å². The second-order valence-corrected chi connectivity index (χ2v) is 8.31. The Kier molecular flexibility index (Phi) is 4.88. The summed E-state index contributed by atoms with van der Waals surface area (Å²) in [6.07, 6.45) is 2.89. The lowest BCUT2D eigenvalue weighted by molar-refractivity contribution is -0.132. The molecular weight excluding hydrogens is 332 g/mol. The van der Waals surface area contributed by atoms with Crippen molar-refractivity contribution in [2.24, 2.45) is 13.0 Å². The van der Waals surface area contributed by atoms with E-state index >= 15 is 0 Å². The van der Waals surface area contributed by atoms with Crippen LogP contribution in [0, 0.1) is 5.92 Å². The van der Waals surface area contributed by atoms with Crippen LogP contribution >= 0.6 is 11.8 Å². The molecule has 2 aliphatic heterocycles. The van der Waals surface area contributed by atoms with Crippen LogP contribution in [0.2, 0.25) is 0 Å². The number of rotatable bonds is 3. The molecule has 0 radical (unpaired) electrons. The molecule has 2 aromatic rings. The summed E-state index contributed by atoms with van der Waals surface area (Å²) in [6, 6.07) is 8.29. The maximum Gasteiger partial charge on any atom is 0.222 e. The topological polar surface area (TPSA) is 41.4 Å². The van der Waals surface area contributed by atoms with Crippen molar-refractivity contribution in [3.05, 3.63) is 24.3 Å². The van der Waals surface area contributed by atoms with E-state index in [1.54, 1.807) is 0 Å². The van der Waals surface area contributed by atoms with Crippen LogP contribution in [0.25, 0.3) is 11.0 Å². The number of aryl methyl sites for hydroxylation is 1. The molecule has 0 N–H and O–H groups in total. The van der Waals surface area contributed by atoms with Crippen molar-refractivity contribution >= 4 is 34.7 Å². The molecular formula is C19H26N4OS. The minimum Gasteiger partial charge on any atom is -0.342 e. The number of thioether (sulfide) groups is 1. The van der Waals surface area contributed by atoms with Gasteiger partial charge in [-0.05, 0) is 30.9 Å². The number of hydrogen-bond donors (Lipinski definition) is 0. The fraction of sp³-hybridized carbons (Fsp3) is 0.579. The van der Waals surface area contributed by atoms with Gasteiger partial charge in [-0.25, -0.2) is 4.98 Å². The van der Waals surface area contributed by atoms with Gasteiger partial charge >= 0.3 is 0 Å². The highest BCUT2D eigenvalue weighted by atomic mass is 32.2. The number of amides is 1. The lowest BCUT2D eigenvalue weighted by Gasteiger charge is -2.34. The summed E-state index contributed by atoms with van der Waals surface area (Å²) < 4.78 is 2.19. The number of fused-ring (bicyclic) bond motifs is 1. The van der Waals surface area contributed by atoms with E-state index in [1.807, 2.05) is 17.8 Å². The van der Waals surface area contributed by atoms with E-state index in [0.717, 1.165) is 68.4 Å². The largest absolute Gasteiger partial charge is 0.342 e. The van der Waals surface area contributed by atoms with Crippen LogP contribution in [0.1, 0.15) is 19.3 Å². The predicted octanol–water partition coefficient (Wildman–Crippen LogP) is 2.76. The van der Waals surface area contributed by atoms with Crippen molar-refractivity contribution in [1.29, 1.82) is 0 Å². The molecule has 0 unspecified atom stereocenters. The molecule has 1 amide bonds. The summed E-state index contributed by atoms with van der Waals surface area (Å²) in [6.45, 7) is 3.85. The molecule has 0 atom stereocenters. The summed E-state index contributed by atoms with van der Waals surface area (Å²) in [4.78, 5) is 21.7. The number of para-hydroxylation sites is 2. The van der Waals surface area contributed by atoms with Crippen molar-refractivity contribution in [2.75, 3.05) is 42.6 Å². The number of piperidine rings is 1. The molecule has 0 aliphatic carbocycles. The summed E-state index contributed by atoms with van der Waals surface area (Å²) >= 11 is 1.95. The normalized spacial score (nSPS) is 19.6. The standard InChI is InChI=1S/C19H26N4OS/c1-21-17-5-3-2-4-16(17)20-19(21)23-8-6-15(7-9-23)14-18(24)22-10-12-25-13-11-22/h2-5,15H,6-14H2,1H3. The number of benzene rings is 1. The van der Waals surface area contributed by atoms with Gasteiger partial charge in [-0.1, -0.05) is 12.1 Å². The summed E-state index contributed by atoms with van der Waals surface area (Å²) in [5, 5.41) is 0. The number of imidazole rings is 1. The molecule has 0 spiro atoms. The van der Waals surface area contributed by atoms with Crippen molar-refractivity contribution in [3.63, 3.8) is 0 Å². The molecule has 5 nitrogen and oxygen atoms in total. The lowest BCUT2D eigenvalue weighted by atomic mass is 9.93. The van der Waals surface area contributed by atoms with Gasteiger partial charge in [0, 0.05) is 51.2 Å². The highest BCUT2D eigenvalue weighted by molar-refractivity contribution is 7.99. The molecule has 3 heterocycles. The predicted molar refractivity (Wildman–Crippen MR) is 104 cm³/mol. The molecule has 2 saturated heterocycles. The third-order valence-electron chi connectivity index (χ3n) is 5.49. The summed E-state index contributed by atoms with van der Waals surface area (Å²) in [5.74, 6) is 4.13. The Morgan fingerprint density at radius 1 is 1.16 bits per heavy atom. The van der Waals surface area contributed by atoms with E-state index < -0.39 is 0 Å². The van der Waals surface area contributed by atoms with E-state index in [2.05, 4.69) is 39.6 Å². The molecule has 2 aliphatic rings. The molecule has 6 heteroatoms. The van der Waals surface area contributed by atoms with Crippen molar-refractivity contribution in [2.45, 2.75) is 19.3 Å². The summed E-state index contributed by atoms with van der Waals surface area (Å²) in [7, 11) is 2.09. The molecule has 0 bridgehead atoms. The van der Waals surface area contributed by atoms with Gasteiger partial charge in [0.05, 0.1) is 11.0 Å². The van der Waals surface area contributed by atoms with Gasteiger partial charge in [0.2, 0.25) is 11.9 Å². The van der Waals surface area contributed by atoms with Gasteiger partial charge < -0.3 is 14.4 Å². The minimum atomic E-state index is 0.362. The number of carbonyl (C=O) groups excluding carboxylic acids is 1.